The van der Waals surface area contributed by atoms with Gasteiger partial charge in [-0.3, -0.25) is 14.8 Å². The van der Waals surface area contributed by atoms with E-state index in [0.717, 1.165) is 93.1 Å². The van der Waals surface area contributed by atoms with Gasteiger partial charge in [0, 0.05) is 51.0 Å². The van der Waals surface area contributed by atoms with Crippen LogP contribution in [-0.2, 0) is 6.54 Å². The van der Waals surface area contributed by atoms with Gasteiger partial charge in [0.1, 0.15) is 5.69 Å². The van der Waals surface area contributed by atoms with Crippen molar-refractivity contribution < 1.29 is 4.79 Å². The maximum atomic E-state index is 13.4. The molecule has 204 valence electrons. The van der Waals surface area contributed by atoms with Crippen LogP contribution in [0, 0.1) is 11.3 Å². The number of fused-ring (bicyclic) bond motifs is 1. The molecule has 0 radical (unpaired) electrons. The van der Waals surface area contributed by atoms with Crippen LogP contribution in [0.25, 0.3) is 22.3 Å². The molecule has 2 saturated heterocycles. The predicted molar refractivity (Wildman–Crippen MR) is 150 cm³/mol. The third-order valence-electron chi connectivity index (χ3n) is 8.40. The summed E-state index contributed by atoms with van der Waals surface area (Å²) in [7, 11) is 2.17. The largest absolute Gasteiger partial charge is 0.352 e. The van der Waals surface area contributed by atoms with E-state index in [1.54, 1.807) is 6.20 Å². The SMILES string of the molecule is CC1CCN(C(=O)Nc2cn[nH]c2-c2cc3c(cn2)c(N2CCN(C)CC2)nn3CC(C)(C)C)C2(CC2)C1. The van der Waals surface area contributed by atoms with Crippen molar-refractivity contribution in [2.24, 2.45) is 11.3 Å². The normalized spacial score (nSPS) is 21.9. The highest BCUT2D eigenvalue weighted by Gasteiger charge is 2.52. The van der Waals surface area contributed by atoms with E-state index in [0.29, 0.717) is 11.6 Å². The Balaban J connectivity index is 1.31. The molecule has 1 saturated carbocycles. The minimum Gasteiger partial charge on any atom is -0.352 e. The van der Waals surface area contributed by atoms with Gasteiger partial charge < -0.3 is 20.0 Å². The fraction of sp³-hybridized carbons (Fsp3) is 0.643. The van der Waals surface area contributed by atoms with Crippen LogP contribution in [0.2, 0.25) is 0 Å². The quantitative estimate of drug-likeness (QED) is 0.530. The molecule has 6 rings (SSSR count). The van der Waals surface area contributed by atoms with Crippen molar-refractivity contribution >= 4 is 28.4 Å². The minimum atomic E-state index is -0.0340. The number of hydrogen-bond donors (Lipinski definition) is 2. The number of nitrogens with one attached hydrogen (secondary N) is 2. The number of aromatic amines is 1. The third kappa shape index (κ3) is 4.74. The molecule has 0 bridgehead atoms. The van der Waals surface area contributed by atoms with E-state index in [-0.39, 0.29) is 17.0 Å². The predicted octanol–water partition coefficient (Wildman–Crippen LogP) is 4.42. The lowest BCUT2D eigenvalue weighted by Gasteiger charge is -2.39. The Morgan fingerprint density at radius 1 is 1.16 bits per heavy atom. The van der Waals surface area contributed by atoms with Crippen LogP contribution < -0.4 is 10.2 Å². The topological polar surface area (TPSA) is 98.2 Å². The van der Waals surface area contributed by atoms with E-state index in [9.17, 15) is 4.79 Å². The zero-order valence-corrected chi connectivity index (χ0v) is 23.4. The fourth-order valence-electron chi connectivity index (χ4n) is 6.15. The van der Waals surface area contributed by atoms with E-state index >= 15 is 0 Å². The Bertz CT molecular complexity index is 1320. The lowest BCUT2D eigenvalue weighted by Crippen LogP contribution is -2.49. The van der Waals surface area contributed by atoms with E-state index in [1.807, 2.05) is 6.20 Å². The summed E-state index contributed by atoms with van der Waals surface area (Å²) in [5.74, 6) is 1.68. The summed E-state index contributed by atoms with van der Waals surface area (Å²) >= 11 is 0. The van der Waals surface area contributed by atoms with Crippen LogP contribution in [0.5, 0.6) is 0 Å². The highest BCUT2D eigenvalue weighted by molar-refractivity contribution is 5.96. The molecule has 2 N–H and O–H groups in total. The van der Waals surface area contributed by atoms with Crippen molar-refractivity contribution in [3.05, 3.63) is 18.5 Å². The van der Waals surface area contributed by atoms with Crippen molar-refractivity contribution in [3.63, 3.8) is 0 Å². The summed E-state index contributed by atoms with van der Waals surface area (Å²) in [5.41, 5.74) is 3.31. The monoisotopic (exact) mass is 519 g/mol. The van der Waals surface area contributed by atoms with Gasteiger partial charge in [0.25, 0.3) is 0 Å². The minimum absolute atomic E-state index is 0.0340. The molecule has 3 aliphatic rings. The lowest BCUT2D eigenvalue weighted by atomic mass is 9.91. The summed E-state index contributed by atoms with van der Waals surface area (Å²) in [5, 5.41) is 16.7. The van der Waals surface area contributed by atoms with Crippen LogP contribution in [0.3, 0.4) is 0 Å². The second-order valence-corrected chi connectivity index (χ2v) is 13.0. The van der Waals surface area contributed by atoms with Crippen LogP contribution in [0.15, 0.2) is 18.5 Å². The molecule has 3 aromatic heterocycles. The van der Waals surface area contributed by atoms with Gasteiger partial charge in [-0.1, -0.05) is 27.7 Å². The summed E-state index contributed by atoms with van der Waals surface area (Å²) in [6.45, 7) is 14.5. The van der Waals surface area contributed by atoms with E-state index in [2.05, 4.69) is 75.7 Å². The summed E-state index contributed by atoms with van der Waals surface area (Å²) in [6.07, 6.45) is 7.99. The highest BCUT2D eigenvalue weighted by Crippen LogP contribution is 2.50. The number of amides is 2. The molecular formula is C28H41N9O. The van der Waals surface area contributed by atoms with E-state index < -0.39 is 0 Å². The molecule has 3 aromatic rings. The molecule has 3 fully saturated rings. The van der Waals surface area contributed by atoms with Crippen molar-refractivity contribution in [3.8, 4) is 11.4 Å². The maximum Gasteiger partial charge on any atom is 0.322 e. The maximum absolute atomic E-state index is 13.4. The number of likely N-dealkylation sites (N-methyl/N-ethyl adjacent to an activating group) is 1. The number of H-pyrrole nitrogens is 1. The van der Waals surface area contributed by atoms with Gasteiger partial charge in [0.2, 0.25) is 0 Å². The van der Waals surface area contributed by atoms with Gasteiger partial charge >= 0.3 is 6.03 Å². The van der Waals surface area contributed by atoms with Gasteiger partial charge in [0.05, 0.1) is 28.5 Å². The molecule has 5 heterocycles. The number of urea groups is 1. The fourth-order valence-corrected chi connectivity index (χ4v) is 6.15. The Hall–Kier alpha value is -3.14. The molecule has 1 spiro atoms. The molecule has 1 atom stereocenters. The van der Waals surface area contributed by atoms with Gasteiger partial charge in [-0.05, 0) is 50.1 Å². The number of piperidine rings is 1. The van der Waals surface area contributed by atoms with Crippen molar-refractivity contribution in [2.45, 2.75) is 65.5 Å². The average molecular weight is 520 g/mol. The van der Waals surface area contributed by atoms with Crippen molar-refractivity contribution in [2.75, 3.05) is 50.0 Å². The van der Waals surface area contributed by atoms with E-state index in [1.165, 1.54) is 0 Å². The Morgan fingerprint density at radius 2 is 1.92 bits per heavy atom. The molecule has 10 nitrogen and oxygen atoms in total. The van der Waals surface area contributed by atoms with Crippen LogP contribution in [-0.4, -0.2) is 86.1 Å². The number of carbonyl (C=O) groups is 1. The molecule has 1 unspecified atom stereocenters. The van der Waals surface area contributed by atoms with Crippen LogP contribution >= 0.6 is 0 Å². The number of pyridine rings is 1. The second-order valence-electron chi connectivity index (χ2n) is 13.0. The van der Waals surface area contributed by atoms with Gasteiger partial charge in [0.15, 0.2) is 5.82 Å². The molecule has 1 aliphatic carbocycles. The smallest absolute Gasteiger partial charge is 0.322 e. The van der Waals surface area contributed by atoms with Crippen molar-refractivity contribution in [1.82, 2.24) is 34.8 Å². The highest BCUT2D eigenvalue weighted by atomic mass is 16.2. The van der Waals surface area contributed by atoms with E-state index in [4.69, 9.17) is 10.1 Å². The first-order chi connectivity index (χ1) is 18.1. The zero-order chi connectivity index (χ0) is 26.7. The molecule has 2 amide bonds. The molecule has 10 heteroatoms. The summed E-state index contributed by atoms with van der Waals surface area (Å²) in [4.78, 5) is 25.0. The number of likely N-dealkylation sites (tertiary alicyclic amines) is 1. The van der Waals surface area contributed by atoms with Gasteiger partial charge in [-0.15, -0.1) is 0 Å². The number of aromatic nitrogens is 5. The summed E-state index contributed by atoms with van der Waals surface area (Å²) < 4.78 is 2.12. The number of hydrogen-bond acceptors (Lipinski definition) is 6. The molecular weight excluding hydrogens is 478 g/mol. The first-order valence-electron chi connectivity index (χ1n) is 14.0. The average Bonchev–Trinajstić information content (AvgIpc) is 3.30. The Morgan fingerprint density at radius 3 is 2.63 bits per heavy atom. The first-order valence-corrected chi connectivity index (χ1v) is 14.0. The standard InChI is InChI=1S/C28H41N9O/c1-19-6-9-36(28(15-19)7-8-28)26(38)31-22-17-30-32-24(22)21-14-23-20(16-29-21)25(33-37(23)18-27(2,3)4)35-12-10-34(5)11-13-35/h14,16-17,19H,6-13,15,18H2,1-5H3,(H,30,32)(H,31,38). The Kier molecular flexibility index (Phi) is 6.13. The Labute approximate surface area is 224 Å². The molecule has 38 heavy (non-hydrogen) atoms. The lowest BCUT2D eigenvalue weighted by molar-refractivity contribution is 0.128. The zero-order valence-electron chi connectivity index (χ0n) is 23.4. The number of carbonyl (C=O) groups excluding carboxylic acids is 1. The molecule has 2 aliphatic heterocycles. The number of nitrogens with zero attached hydrogens (tertiary/aromatic N) is 7. The third-order valence-corrected chi connectivity index (χ3v) is 8.40. The van der Waals surface area contributed by atoms with Crippen LogP contribution in [0.1, 0.15) is 53.4 Å². The van der Waals surface area contributed by atoms with Gasteiger partial charge in [-0.25, -0.2) is 4.79 Å². The van der Waals surface area contributed by atoms with Crippen LogP contribution in [0.4, 0.5) is 16.3 Å². The molecule has 0 aromatic carbocycles. The summed E-state index contributed by atoms with van der Waals surface area (Å²) in [6, 6.07) is 2.05. The van der Waals surface area contributed by atoms with Crippen molar-refractivity contribution in [1.29, 1.82) is 0 Å². The van der Waals surface area contributed by atoms with Gasteiger partial charge in [-0.2, -0.15) is 10.2 Å². The number of rotatable bonds is 4. The number of anilines is 2. The first kappa shape index (κ1) is 25.2. The second kappa shape index (κ2) is 9.25. The number of piperazine rings is 1.